The van der Waals surface area contributed by atoms with Crippen molar-refractivity contribution in [2.75, 3.05) is 20.4 Å². The molecule has 0 bridgehead atoms. The first kappa shape index (κ1) is 25.0. The Balaban J connectivity index is 1.24. The van der Waals surface area contributed by atoms with Crippen molar-refractivity contribution < 1.29 is 23.7 Å². The number of fused-ring (bicyclic) bond motifs is 2. The molecule has 39 heavy (non-hydrogen) atoms. The van der Waals surface area contributed by atoms with Gasteiger partial charge >= 0.3 is 5.97 Å². The second-order valence-corrected chi connectivity index (χ2v) is 9.59. The summed E-state index contributed by atoms with van der Waals surface area (Å²) in [5.74, 6) is 1.52. The minimum atomic E-state index is -0.407. The van der Waals surface area contributed by atoms with Gasteiger partial charge in [0.1, 0.15) is 18.1 Å². The molecule has 1 unspecified atom stereocenters. The Kier molecular flexibility index (Phi) is 6.72. The number of nitrogens with one attached hydrogen (secondary N) is 1. The summed E-state index contributed by atoms with van der Waals surface area (Å²) in [6, 6.07) is 19.2. The van der Waals surface area contributed by atoms with Crippen LogP contribution in [0.25, 0.3) is 10.9 Å². The topological polar surface area (TPSA) is 98.9 Å². The predicted octanol–water partition coefficient (Wildman–Crippen LogP) is 5.64. The number of carbonyl (C=O) groups is 1. The second kappa shape index (κ2) is 10.5. The molecule has 0 saturated heterocycles. The van der Waals surface area contributed by atoms with Crippen LogP contribution in [0.5, 0.6) is 17.2 Å². The van der Waals surface area contributed by atoms with E-state index in [1.165, 1.54) is 0 Å². The Hall–Kier alpha value is -4.28. The molecule has 11 heteroatoms. The van der Waals surface area contributed by atoms with Crippen molar-refractivity contribution in [3.63, 3.8) is 0 Å². The number of esters is 1. The molecule has 0 fully saturated rings. The van der Waals surface area contributed by atoms with Crippen molar-refractivity contribution >= 4 is 28.5 Å². The van der Waals surface area contributed by atoms with Crippen molar-refractivity contribution in [1.29, 1.82) is 0 Å². The minimum absolute atomic E-state index is 0.146. The molecule has 1 N–H and O–H groups in total. The molecule has 0 aliphatic carbocycles. The summed E-state index contributed by atoms with van der Waals surface area (Å²) in [5.41, 5.74) is 6.94. The lowest BCUT2D eigenvalue weighted by molar-refractivity contribution is 0.0515. The Morgan fingerprint density at radius 1 is 1.10 bits per heavy atom. The Morgan fingerprint density at radius 2 is 1.90 bits per heavy atom. The number of carbonyl (C=O) groups excluding carboxylic acids is 1. The van der Waals surface area contributed by atoms with E-state index in [1.54, 1.807) is 13.0 Å². The van der Waals surface area contributed by atoms with Crippen LogP contribution in [0.15, 0.2) is 71.0 Å². The molecule has 0 saturated carbocycles. The molecule has 0 amide bonds. The van der Waals surface area contributed by atoms with Crippen LogP contribution in [0, 0.1) is 0 Å². The van der Waals surface area contributed by atoms with E-state index in [0.29, 0.717) is 41.1 Å². The zero-order valence-corrected chi connectivity index (χ0v) is 22.1. The van der Waals surface area contributed by atoms with E-state index in [4.69, 9.17) is 30.5 Å². The molecule has 0 spiro atoms. The summed E-state index contributed by atoms with van der Waals surface area (Å²) < 4.78 is 24.3. The number of hydrazine groups is 1. The van der Waals surface area contributed by atoms with E-state index in [9.17, 15) is 4.79 Å². The number of aromatic nitrogens is 1. The maximum atomic E-state index is 12.9. The highest BCUT2D eigenvalue weighted by Gasteiger charge is 2.22. The van der Waals surface area contributed by atoms with Gasteiger partial charge in [-0.05, 0) is 53.9 Å². The SMILES string of the molecule is CCOC(=O)c1cc2cc(OCc3ccc(C4N=NNN4C)cc3)ccc2n1Cc1cc2c(cc1Cl)OCO2. The first-order valence-electron chi connectivity index (χ1n) is 12.5. The lowest BCUT2D eigenvalue weighted by atomic mass is 10.1. The van der Waals surface area contributed by atoms with Gasteiger partial charge in [0.25, 0.3) is 0 Å². The third kappa shape index (κ3) is 4.96. The summed E-state index contributed by atoms with van der Waals surface area (Å²) in [4.78, 5) is 12.9. The third-order valence-electron chi connectivity index (χ3n) is 6.65. The van der Waals surface area contributed by atoms with Crippen molar-refractivity contribution in [2.45, 2.75) is 26.2 Å². The van der Waals surface area contributed by atoms with Crippen LogP contribution in [0.4, 0.5) is 0 Å². The molecular weight excluding hydrogens is 522 g/mol. The van der Waals surface area contributed by atoms with Crippen LogP contribution in [0.3, 0.4) is 0 Å². The van der Waals surface area contributed by atoms with E-state index in [2.05, 4.69) is 15.9 Å². The van der Waals surface area contributed by atoms with Gasteiger partial charge in [-0.25, -0.2) is 10.3 Å². The number of halogens is 1. The third-order valence-corrected chi connectivity index (χ3v) is 7.00. The molecule has 3 heterocycles. The van der Waals surface area contributed by atoms with Crippen LogP contribution in [-0.4, -0.2) is 36.0 Å². The lowest BCUT2D eigenvalue weighted by Gasteiger charge is -2.15. The van der Waals surface area contributed by atoms with Crippen LogP contribution in [-0.2, 0) is 17.9 Å². The Morgan fingerprint density at radius 3 is 2.64 bits per heavy atom. The number of benzene rings is 3. The maximum Gasteiger partial charge on any atom is 0.354 e. The molecule has 200 valence electrons. The van der Waals surface area contributed by atoms with Crippen molar-refractivity contribution in [2.24, 2.45) is 10.3 Å². The fourth-order valence-corrected chi connectivity index (χ4v) is 4.87. The van der Waals surface area contributed by atoms with Gasteiger partial charge in [0.15, 0.2) is 17.7 Å². The van der Waals surface area contributed by atoms with E-state index in [1.807, 2.05) is 71.2 Å². The van der Waals surface area contributed by atoms with E-state index in [0.717, 1.165) is 27.6 Å². The Labute approximate surface area is 229 Å². The fraction of sp³-hybridized carbons (Fsp3) is 0.250. The first-order chi connectivity index (χ1) is 19.0. The van der Waals surface area contributed by atoms with Gasteiger partial charge in [-0.1, -0.05) is 41.1 Å². The average molecular weight is 548 g/mol. The fourth-order valence-electron chi connectivity index (χ4n) is 4.66. The van der Waals surface area contributed by atoms with Crippen LogP contribution in [0.2, 0.25) is 5.02 Å². The van der Waals surface area contributed by atoms with Crippen molar-refractivity contribution in [3.05, 3.63) is 88.1 Å². The number of rotatable bonds is 8. The van der Waals surface area contributed by atoms with E-state index < -0.39 is 5.97 Å². The van der Waals surface area contributed by atoms with Gasteiger partial charge in [0, 0.05) is 29.0 Å². The summed E-state index contributed by atoms with van der Waals surface area (Å²) >= 11 is 6.55. The molecular formula is C28H26ClN5O5. The molecule has 2 aliphatic heterocycles. The standard InChI is InChI=1S/C28H26ClN5O5/c1-3-36-28(35)24-11-19-10-21(37-15-17-4-6-18(7-5-17)27-30-31-32-33(27)2)8-9-23(19)34(24)14-20-12-25-26(13-22(20)29)39-16-38-25/h4-13,27H,3,14-16H2,1-2H3,(H,30,32). The van der Waals surface area contributed by atoms with Gasteiger partial charge in [-0.2, -0.15) is 5.01 Å². The Bertz CT molecular complexity index is 1570. The molecule has 1 atom stereocenters. The molecule has 0 radical (unpaired) electrons. The largest absolute Gasteiger partial charge is 0.489 e. The van der Waals surface area contributed by atoms with E-state index >= 15 is 0 Å². The van der Waals surface area contributed by atoms with Gasteiger partial charge in [-0.15, -0.1) is 5.11 Å². The second-order valence-electron chi connectivity index (χ2n) is 9.18. The number of hydrogen-bond acceptors (Lipinski definition) is 9. The highest BCUT2D eigenvalue weighted by atomic mass is 35.5. The van der Waals surface area contributed by atoms with Gasteiger partial charge in [0.05, 0.1) is 13.2 Å². The summed E-state index contributed by atoms with van der Waals surface area (Å²) in [6.45, 7) is 2.96. The highest BCUT2D eigenvalue weighted by Crippen LogP contribution is 2.38. The molecule has 4 aromatic rings. The smallest absolute Gasteiger partial charge is 0.354 e. The number of hydrogen-bond donors (Lipinski definition) is 1. The van der Waals surface area contributed by atoms with Crippen LogP contribution < -0.4 is 19.7 Å². The first-order valence-corrected chi connectivity index (χ1v) is 12.9. The predicted molar refractivity (Wildman–Crippen MR) is 144 cm³/mol. The normalized spacial score (nSPS) is 16.0. The molecule has 3 aromatic carbocycles. The molecule has 10 nitrogen and oxygen atoms in total. The van der Waals surface area contributed by atoms with Gasteiger partial charge < -0.3 is 23.5 Å². The minimum Gasteiger partial charge on any atom is -0.489 e. The lowest BCUT2D eigenvalue weighted by Crippen LogP contribution is -2.27. The summed E-state index contributed by atoms with van der Waals surface area (Å²) in [6.07, 6.45) is -0.146. The van der Waals surface area contributed by atoms with Crippen LogP contribution >= 0.6 is 11.6 Å². The monoisotopic (exact) mass is 547 g/mol. The highest BCUT2D eigenvalue weighted by molar-refractivity contribution is 6.31. The molecule has 1 aromatic heterocycles. The zero-order valence-electron chi connectivity index (χ0n) is 21.4. The molecule has 6 rings (SSSR count). The maximum absolute atomic E-state index is 12.9. The average Bonchev–Trinajstić information content (AvgIpc) is 3.66. The van der Waals surface area contributed by atoms with E-state index in [-0.39, 0.29) is 19.6 Å². The number of nitrogens with zero attached hydrogens (tertiary/aromatic N) is 4. The van der Waals surface area contributed by atoms with Gasteiger partial charge in [0.2, 0.25) is 6.79 Å². The summed E-state index contributed by atoms with van der Waals surface area (Å²) in [5, 5.41) is 11.2. The molecule has 2 aliphatic rings. The van der Waals surface area contributed by atoms with Crippen molar-refractivity contribution in [3.8, 4) is 17.2 Å². The quantitative estimate of drug-likeness (QED) is 0.285. The van der Waals surface area contributed by atoms with Crippen molar-refractivity contribution in [1.82, 2.24) is 15.1 Å². The number of ether oxygens (including phenoxy) is 4. The van der Waals surface area contributed by atoms with Crippen LogP contribution in [0.1, 0.15) is 40.3 Å². The van der Waals surface area contributed by atoms with Gasteiger partial charge in [-0.3, -0.25) is 0 Å². The summed E-state index contributed by atoms with van der Waals surface area (Å²) in [7, 11) is 1.89. The zero-order chi connectivity index (χ0) is 26.9.